The molecule has 4 aromatic rings. The van der Waals surface area contributed by atoms with Gasteiger partial charge in [0.1, 0.15) is 8.95 Å². The van der Waals surface area contributed by atoms with Crippen molar-refractivity contribution in [2.75, 3.05) is 9.44 Å². The van der Waals surface area contributed by atoms with Crippen molar-refractivity contribution in [3.05, 3.63) is 89.1 Å². The van der Waals surface area contributed by atoms with Crippen LogP contribution in [0, 0.1) is 34.1 Å². The van der Waals surface area contributed by atoms with Crippen LogP contribution in [0.4, 0.5) is 23.1 Å². The Balaban J connectivity index is 0.000000220. The molecule has 2 heterocycles. The van der Waals surface area contributed by atoms with Gasteiger partial charge in [-0.3, -0.25) is 20.2 Å². The summed E-state index contributed by atoms with van der Waals surface area (Å²) in [6.45, 7) is 3.25. The minimum atomic E-state index is -4.00. The summed E-state index contributed by atoms with van der Waals surface area (Å²) >= 11 is 6.24. The van der Waals surface area contributed by atoms with E-state index < -0.39 is 29.9 Å². The van der Waals surface area contributed by atoms with Gasteiger partial charge in [0.2, 0.25) is 0 Å². The molecule has 0 aliphatic heterocycles. The topological polar surface area (TPSA) is 231 Å². The van der Waals surface area contributed by atoms with Gasteiger partial charge in [0, 0.05) is 24.3 Å². The molecule has 0 aliphatic carbocycles. The van der Waals surface area contributed by atoms with Crippen LogP contribution in [0.25, 0.3) is 0 Å². The Morgan fingerprint density at radius 2 is 1.07 bits per heavy atom. The molecule has 2 aromatic heterocycles. The summed E-state index contributed by atoms with van der Waals surface area (Å²) in [5.41, 5.74) is 0.310. The van der Waals surface area contributed by atoms with E-state index in [4.69, 9.17) is 9.05 Å². The van der Waals surface area contributed by atoms with Crippen LogP contribution < -0.4 is 9.44 Å². The molecule has 0 spiro atoms. The van der Waals surface area contributed by atoms with E-state index in [0.717, 1.165) is 12.1 Å². The van der Waals surface area contributed by atoms with Crippen LogP contribution in [-0.2, 0) is 20.0 Å². The van der Waals surface area contributed by atoms with Gasteiger partial charge in [-0.1, -0.05) is 22.4 Å². The maximum Gasteiger partial charge on any atom is 0.270 e. The normalized spacial score (nSPS) is 11.3. The summed E-state index contributed by atoms with van der Waals surface area (Å²) in [5.74, 6) is -0.178. The van der Waals surface area contributed by atoms with Crippen molar-refractivity contribution in [1.82, 2.24) is 10.3 Å². The first-order valence-corrected chi connectivity index (χ1v) is 15.0. The van der Waals surface area contributed by atoms with Gasteiger partial charge in [-0.05, 0) is 57.8 Å². The molecular weight excluding hydrogens is 708 g/mol. The number of hydrogen-bond acceptors (Lipinski definition) is 12. The van der Waals surface area contributed by atoms with Gasteiger partial charge in [-0.2, -0.15) is 0 Å². The number of halogens is 2. The van der Waals surface area contributed by atoms with E-state index in [1.54, 1.807) is 13.8 Å². The van der Waals surface area contributed by atoms with Crippen LogP contribution in [0.5, 0.6) is 0 Å². The maximum atomic E-state index is 12.1. The predicted octanol–water partition coefficient (Wildman–Crippen LogP) is 4.91. The molecule has 0 bridgehead atoms. The lowest BCUT2D eigenvalue weighted by atomic mass is 10.3. The van der Waals surface area contributed by atoms with Gasteiger partial charge in [0.05, 0.1) is 31.0 Å². The Bertz CT molecular complexity index is 1670. The fourth-order valence-corrected chi connectivity index (χ4v) is 5.55. The zero-order chi connectivity index (χ0) is 29.8. The second-order valence-corrected chi connectivity index (χ2v) is 12.5. The lowest BCUT2D eigenvalue weighted by molar-refractivity contribution is -0.385. The molecule has 0 amide bonds. The number of nitro benzene ring substituents is 2. The Kier molecular flexibility index (Phi) is 9.28. The molecule has 40 heavy (non-hydrogen) atoms. The number of hydrogen-bond donors (Lipinski definition) is 2. The third kappa shape index (κ3) is 7.20. The van der Waals surface area contributed by atoms with Crippen molar-refractivity contribution in [2.45, 2.75) is 23.6 Å². The maximum absolute atomic E-state index is 12.1. The van der Waals surface area contributed by atoms with Gasteiger partial charge < -0.3 is 9.05 Å². The fraction of sp³-hybridized carbons (Fsp3) is 0.100. The molecule has 0 unspecified atom stereocenters. The lowest BCUT2D eigenvalue weighted by Gasteiger charge is -2.04. The molecule has 16 nitrogen and oxygen atoms in total. The van der Waals surface area contributed by atoms with Crippen molar-refractivity contribution in [2.24, 2.45) is 0 Å². The van der Waals surface area contributed by atoms with E-state index in [1.807, 2.05) is 0 Å². The van der Waals surface area contributed by atoms with Crippen molar-refractivity contribution in [1.29, 1.82) is 0 Å². The second-order valence-electron chi connectivity index (χ2n) is 7.54. The molecular formula is C20H16Br2N6O10S2. The number of sulfonamides is 2. The van der Waals surface area contributed by atoms with E-state index in [0.29, 0.717) is 20.3 Å². The predicted molar refractivity (Wildman–Crippen MR) is 146 cm³/mol. The first-order chi connectivity index (χ1) is 18.6. The third-order valence-electron chi connectivity index (χ3n) is 4.71. The molecule has 4 rings (SSSR count). The monoisotopic (exact) mass is 722 g/mol. The molecule has 0 atom stereocenters. The number of benzene rings is 2. The van der Waals surface area contributed by atoms with Crippen LogP contribution in [0.3, 0.4) is 0 Å². The van der Waals surface area contributed by atoms with Gasteiger partial charge in [0.25, 0.3) is 43.2 Å². The first-order valence-electron chi connectivity index (χ1n) is 10.4. The van der Waals surface area contributed by atoms with Crippen LogP contribution in [0.2, 0.25) is 0 Å². The molecule has 20 heteroatoms. The number of nitrogens with one attached hydrogen (secondary N) is 2. The molecule has 2 aromatic carbocycles. The lowest BCUT2D eigenvalue weighted by Crippen LogP contribution is -2.13. The van der Waals surface area contributed by atoms with Gasteiger partial charge in [0.15, 0.2) is 0 Å². The van der Waals surface area contributed by atoms with Crippen LogP contribution in [0.15, 0.2) is 76.3 Å². The number of aromatic nitrogens is 2. The highest BCUT2D eigenvalue weighted by Gasteiger charge is 2.23. The Morgan fingerprint density at radius 3 is 1.35 bits per heavy atom. The summed E-state index contributed by atoms with van der Waals surface area (Å²) in [6.07, 6.45) is 0. The van der Waals surface area contributed by atoms with Crippen LogP contribution in [0.1, 0.15) is 11.4 Å². The summed E-state index contributed by atoms with van der Waals surface area (Å²) < 4.78 is 63.1. The number of nitrogens with zero attached hydrogens (tertiary/aromatic N) is 4. The van der Waals surface area contributed by atoms with E-state index >= 15 is 0 Å². The van der Waals surface area contributed by atoms with Crippen LogP contribution >= 0.6 is 31.9 Å². The quantitative estimate of drug-likeness (QED) is 0.182. The summed E-state index contributed by atoms with van der Waals surface area (Å²) in [5, 5.41) is 28.5. The summed E-state index contributed by atoms with van der Waals surface area (Å²) in [4.78, 5) is 19.5. The third-order valence-corrected chi connectivity index (χ3v) is 9.24. The highest BCUT2D eigenvalue weighted by Crippen LogP contribution is 2.29. The number of rotatable bonds is 8. The molecule has 0 fully saturated rings. The average Bonchev–Trinajstić information content (AvgIpc) is 3.39. The second kappa shape index (κ2) is 12.1. The average molecular weight is 724 g/mol. The summed E-state index contributed by atoms with van der Waals surface area (Å²) in [7, 11) is -7.99. The van der Waals surface area contributed by atoms with E-state index in [1.165, 1.54) is 36.4 Å². The van der Waals surface area contributed by atoms with E-state index in [9.17, 15) is 37.1 Å². The molecule has 0 saturated carbocycles. The largest absolute Gasteiger partial charge is 0.336 e. The number of nitro groups is 2. The highest BCUT2D eigenvalue weighted by molar-refractivity contribution is 9.11. The smallest absolute Gasteiger partial charge is 0.270 e. The summed E-state index contributed by atoms with van der Waals surface area (Å²) in [6, 6.07) is 9.37. The van der Waals surface area contributed by atoms with Gasteiger partial charge in [-0.25, -0.2) is 26.3 Å². The fourth-order valence-electron chi connectivity index (χ4n) is 2.73. The molecule has 0 aliphatic rings. The molecule has 212 valence electrons. The van der Waals surface area contributed by atoms with Gasteiger partial charge in [-0.15, -0.1) is 0 Å². The highest BCUT2D eigenvalue weighted by atomic mass is 79.9. The standard InChI is InChI=1S/2C10H8BrN3O5S/c2*1-6-9(11)10(19-12-6)13-20(17,18)8-4-2-3-7(5-8)14(15)16/h2*2-5,13H,1H3. The van der Waals surface area contributed by atoms with E-state index in [2.05, 4.69) is 51.6 Å². The number of non-ortho nitro benzene ring substituents is 2. The SMILES string of the molecule is Cc1noc(NS(=O)(=O)c2cccc([N+](=O)[O-])c2)c1Br.Cc1noc(NS(=O)(=O)c2cccc([N+](=O)[O-])c2)c1Br. The first kappa shape index (κ1) is 30.7. The Labute approximate surface area is 242 Å². The van der Waals surface area contributed by atoms with Crippen molar-refractivity contribution in [3.63, 3.8) is 0 Å². The van der Waals surface area contributed by atoms with Crippen molar-refractivity contribution in [3.8, 4) is 0 Å². The number of anilines is 2. The van der Waals surface area contributed by atoms with Gasteiger partial charge >= 0.3 is 0 Å². The zero-order valence-corrected chi connectivity index (χ0v) is 24.9. The van der Waals surface area contributed by atoms with Crippen molar-refractivity contribution >= 4 is 75.0 Å². The molecule has 2 N–H and O–H groups in total. The van der Waals surface area contributed by atoms with Crippen LogP contribution in [-0.4, -0.2) is 37.0 Å². The Hall–Kier alpha value is -3.88. The molecule has 0 radical (unpaired) electrons. The van der Waals surface area contributed by atoms with Crippen molar-refractivity contribution < 1.29 is 35.7 Å². The molecule has 0 saturated heterocycles. The Morgan fingerprint density at radius 1 is 0.725 bits per heavy atom. The van der Waals surface area contributed by atoms with E-state index in [-0.39, 0.29) is 32.9 Å². The minimum absolute atomic E-state index is 0.0889. The minimum Gasteiger partial charge on any atom is -0.336 e. The zero-order valence-electron chi connectivity index (χ0n) is 20.1. The number of aryl methyl sites for hydroxylation is 2.